The van der Waals surface area contributed by atoms with Crippen molar-refractivity contribution in [2.24, 2.45) is 0 Å². The van der Waals surface area contributed by atoms with Crippen molar-refractivity contribution in [3.63, 3.8) is 0 Å². The maximum Gasteiger partial charge on any atom is 0.317 e. The number of benzene rings is 1. The van der Waals surface area contributed by atoms with E-state index in [0.29, 0.717) is 0 Å². The molecule has 1 aromatic rings. The van der Waals surface area contributed by atoms with Crippen LogP contribution in [0.4, 0.5) is 0 Å². The molecule has 82 valence electrons. The van der Waals surface area contributed by atoms with Gasteiger partial charge in [0.25, 0.3) is 0 Å². The molecule has 0 unspecified atom stereocenters. The number of hydrogen-bond donors (Lipinski definition) is 0. The second kappa shape index (κ2) is 7.93. The maximum atomic E-state index is 9.16. The Morgan fingerprint density at radius 2 is 1.36 bits per heavy atom. The van der Waals surface area contributed by atoms with E-state index in [1.807, 2.05) is 24.3 Å². The van der Waals surface area contributed by atoms with E-state index in [0.717, 1.165) is 8.95 Å². The molecular formula is C7H8Br2Cl2O2S. The van der Waals surface area contributed by atoms with Crippen LogP contribution in [0.15, 0.2) is 33.2 Å². The van der Waals surface area contributed by atoms with Crippen molar-refractivity contribution >= 4 is 61.5 Å². The summed E-state index contributed by atoms with van der Waals surface area (Å²) in [5, 5.41) is 0. The second-order valence-electron chi connectivity index (χ2n) is 1.82. The van der Waals surface area contributed by atoms with Crippen molar-refractivity contribution in [2.75, 3.05) is 0 Å². The van der Waals surface area contributed by atoms with Gasteiger partial charge < -0.3 is 0 Å². The molecule has 7 heteroatoms. The summed E-state index contributed by atoms with van der Waals surface area (Å²) in [4.78, 5) is 0. The Hall–Kier alpha value is 0.710. The van der Waals surface area contributed by atoms with E-state index in [2.05, 4.69) is 53.2 Å². The minimum Gasteiger partial charge on any atom is -0.195 e. The highest BCUT2D eigenvalue weighted by Gasteiger charge is 1.88. The third kappa shape index (κ3) is 15.2. The number of rotatable bonds is 0. The van der Waals surface area contributed by atoms with Gasteiger partial charge >= 0.3 is 8.26 Å². The van der Waals surface area contributed by atoms with Gasteiger partial charge in [0.05, 0.1) is 0 Å². The summed E-state index contributed by atoms with van der Waals surface area (Å²) in [7, 11) is 4.81. The first kappa shape index (κ1) is 17.1. The summed E-state index contributed by atoms with van der Waals surface area (Å²) >= 11 is 6.66. The zero-order chi connectivity index (χ0) is 10.5. The van der Waals surface area contributed by atoms with Crippen molar-refractivity contribution in [2.45, 2.75) is 7.43 Å². The summed E-state index contributed by atoms with van der Waals surface area (Å²) in [6, 6.07) is 7.96. The molecule has 0 bridgehead atoms. The van der Waals surface area contributed by atoms with Gasteiger partial charge in [-0.25, -0.2) is 0 Å². The molecule has 0 spiro atoms. The predicted molar refractivity (Wildman–Crippen MR) is 69.2 cm³/mol. The molecule has 0 heterocycles. The normalized spacial score (nSPS) is 9.43. The van der Waals surface area contributed by atoms with Gasteiger partial charge in [0.15, 0.2) is 0 Å². The Kier molecular flexibility index (Phi) is 9.70. The van der Waals surface area contributed by atoms with Gasteiger partial charge in [-0.05, 0) is 18.2 Å². The summed E-state index contributed by atoms with van der Waals surface area (Å²) < 4.78 is 20.5. The Balaban J connectivity index is 0. The molecule has 0 aliphatic rings. The van der Waals surface area contributed by atoms with Gasteiger partial charge in [-0.3, -0.25) is 0 Å². The lowest BCUT2D eigenvalue weighted by Gasteiger charge is -1.87. The predicted octanol–water partition coefficient (Wildman–Crippen LogP) is 4.56. The van der Waals surface area contributed by atoms with Crippen LogP contribution in [0.1, 0.15) is 7.43 Å². The smallest absolute Gasteiger partial charge is 0.195 e. The van der Waals surface area contributed by atoms with E-state index in [1.54, 1.807) is 0 Å². The average Bonchev–Trinajstić information content (AvgIpc) is 1.81. The zero-order valence-electron chi connectivity index (χ0n) is 6.05. The molecule has 0 saturated carbocycles. The van der Waals surface area contributed by atoms with E-state index in [4.69, 9.17) is 8.42 Å². The van der Waals surface area contributed by atoms with Crippen LogP contribution in [0.5, 0.6) is 0 Å². The lowest BCUT2D eigenvalue weighted by molar-refractivity contribution is 0.621. The van der Waals surface area contributed by atoms with Crippen LogP contribution < -0.4 is 0 Å². The van der Waals surface area contributed by atoms with Gasteiger partial charge in [-0.2, -0.15) is 8.42 Å². The summed E-state index contributed by atoms with van der Waals surface area (Å²) in [5.74, 6) is 0. The van der Waals surface area contributed by atoms with E-state index in [1.165, 1.54) is 0 Å². The Labute approximate surface area is 110 Å². The summed E-state index contributed by atoms with van der Waals surface area (Å²) in [5.41, 5.74) is 0. The van der Waals surface area contributed by atoms with Crippen LogP contribution in [0.3, 0.4) is 0 Å². The van der Waals surface area contributed by atoms with Crippen LogP contribution in [0.25, 0.3) is 0 Å². The molecule has 0 aromatic heterocycles. The first-order valence-electron chi connectivity index (χ1n) is 2.84. The number of halogens is 4. The van der Waals surface area contributed by atoms with E-state index in [9.17, 15) is 0 Å². The summed E-state index contributed by atoms with van der Waals surface area (Å²) in [6.45, 7) is 0. The molecular weight excluding hydrogens is 379 g/mol. The van der Waals surface area contributed by atoms with Crippen molar-refractivity contribution < 1.29 is 8.42 Å². The maximum absolute atomic E-state index is 9.16. The highest BCUT2D eigenvalue weighted by atomic mass is 79.9. The van der Waals surface area contributed by atoms with E-state index < -0.39 is 8.26 Å². The van der Waals surface area contributed by atoms with Crippen LogP contribution in [-0.2, 0) is 8.26 Å². The molecule has 1 aromatic carbocycles. The topological polar surface area (TPSA) is 34.1 Å². The number of hydrogen-bond acceptors (Lipinski definition) is 2. The lowest BCUT2D eigenvalue weighted by Crippen LogP contribution is -1.63. The fourth-order valence-electron chi connectivity index (χ4n) is 0.460. The molecule has 0 aliphatic heterocycles. The van der Waals surface area contributed by atoms with Crippen molar-refractivity contribution in [3.05, 3.63) is 33.2 Å². The van der Waals surface area contributed by atoms with E-state index in [-0.39, 0.29) is 7.43 Å². The Bertz CT molecular complexity index is 342. The average molecular weight is 387 g/mol. The SMILES string of the molecule is Brc1cccc(Br)c1.C.O=S(=O)(Cl)Cl. The third-order valence-electron chi connectivity index (χ3n) is 0.787. The van der Waals surface area contributed by atoms with Gasteiger partial charge in [0.1, 0.15) is 0 Å². The molecule has 1 rings (SSSR count). The molecule has 0 fully saturated rings. The first-order valence-corrected chi connectivity index (χ1v) is 7.56. The Morgan fingerprint density at radius 3 is 1.50 bits per heavy atom. The first-order chi connectivity index (χ1) is 5.79. The standard InChI is InChI=1S/C6H4Br2.CH4.Cl2O2S/c7-5-2-1-3-6(8)4-5;;1-5(2,3)4/h1-4H;1H4;. The molecule has 0 aliphatic carbocycles. The highest BCUT2D eigenvalue weighted by Crippen LogP contribution is 2.15. The van der Waals surface area contributed by atoms with E-state index >= 15 is 0 Å². The van der Waals surface area contributed by atoms with Crippen LogP contribution >= 0.6 is 53.2 Å². The van der Waals surface area contributed by atoms with Crippen molar-refractivity contribution in [1.82, 2.24) is 0 Å². The largest absolute Gasteiger partial charge is 0.317 e. The van der Waals surface area contributed by atoms with Crippen LogP contribution in [-0.4, -0.2) is 8.42 Å². The lowest BCUT2D eigenvalue weighted by atomic mass is 10.4. The van der Waals surface area contributed by atoms with Gasteiger partial charge in [0.2, 0.25) is 0 Å². The molecule has 0 radical (unpaired) electrons. The third-order valence-corrected chi connectivity index (χ3v) is 1.77. The fraction of sp³-hybridized carbons (Fsp3) is 0.143. The zero-order valence-corrected chi connectivity index (χ0v) is 11.5. The van der Waals surface area contributed by atoms with Gasteiger partial charge in [0, 0.05) is 30.3 Å². The van der Waals surface area contributed by atoms with Crippen molar-refractivity contribution in [3.8, 4) is 0 Å². The molecule has 2 nitrogen and oxygen atoms in total. The van der Waals surface area contributed by atoms with Crippen LogP contribution in [0.2, 0.25) is 0 Å². The molecule has 0 N–H and O–H groups in total. The molecule has 0 atom stereocenters. The minimum absolute atomic E-state index is 0. The fourth-order valence-corrected chi connectivity index (χ4v) is 1.57. The minimum atomic E-state index is -3.72. The quantitative estimate of drug-likeness (QED) is 0.612. The molecule has 0 amide bonds. The van der Waals surface area contributed by atoms with Gasteiger partial charge in [-0.15, -0.1) is 0 Å². The summed E-state index contributed by atoms with van der Waals surface area (Å²) in [6.07, 6.45) is 0. The van der Waals surface area contributed by atoms with Gasteiger partial charge in [-0.1, -0.05) is 45.4 Å². The second-order valence-corrected chi connectivity index (χ2v) is 7.32. The van der Waals surface area contributed by atoms with Crippen LogP contribution in [0, 0.1) is 0 Å². The monoisotopic (exact) mass is 384 g/mol. The highest BCUT2D eigenvalue weighted by molar-refractivity contribution is 9.11. The molecule has 14 heavy (non-hydrogen) atoms. The van der Waals surface area contributed by atoms with Crippen molar-refractivity contribution in [1.29, 1.82) is 0 Å². The molecule has 0 saturated heterocycles. The Morgan fingerprint density at radius 1 is 1.07 bits per heavy atom.